The molecule has 3 heterocycles. The number of nitrogens with zero attached hydrogens (tertiary/aromatic N) is 1. The second kappa shape index (κ2) is 5.27. The summed E-state index contributed by atoms with van der Waals surface area (Å²) in [5, 5.41) is 7.07. The van der Waals surface area contributed by atoms with Crippen molar-refractivity contribution in [2.45, 2.75) is 57.8 Å². The summed E-state index contributed by atoms with van der Waals surface area (Å²) in [6.07, 6.45) is 5.88. The van der Waals surface area contributed by atoms with Gasteiger partial charge in [0.1, 0.15) is 0 Å². The van der Waals surface area contributed by atoms with Crippen LogP contribution in [0, 0.1) is 12.8 Å². The van der Waals surface area contributed by atoms with Gasteiger partial charge in [0.25, 0.3) is 0 Å². The van der Waals surface area contributed by atoms with Crippen molar-refractivity contribution >= 4 is 11.3 Å². The molecule has 18 heavy (non-hydrogen) atoms. The lowest BCUT2D eigenvalue weighted by Crippen LogP contribution is -2.42. The van der Waals surface area contributed by atoms with Crippen LogP contribution in [0.15, 0.2) is 5.38 Å². The van der Waals surface area contributed by atoms with Crippen LogP contribution in [0.2, 0.25) is 0 Å². The molecule has 100 valence electrons. The summed E-state index contributed by atoms with van der Waals surface area (Å²) in [6, 6.07) is 0.538. The van der Waals surface area contributed by atoms with Gasteiger partial charge in [0.2, 0.25) is 0 Å². The molecule has 2 bridgehead atoms. The maximum Gasteiger partial charge on any atom is 0.0943 e. The highest BCUT2D eigenvalue weighted by Crippen LogP contribution is 2.41. The third kappa shape index (κ3) is 2.46. The first-order valence-corrected chi connectivity index (χ1v) is 7.94. The molecule has 4 heteroatoms. The van der Waals surface area contributed by atoms with Gasteiger partial charge in [-0.25, -0.2) is 4.98 Å². The van der Waals surface area contributed by atoms with Crippen LogP contribution in [0.3, 0.4) is 0 Å². The van der Waals surface area contributed by atoms with E-state index in [1.165, 1.54) is 24.3 Å². The molecule has 2 aliphatic rings. The topological polar surface area (TPSA) is 34.2 Å². The van der Waals surface area contributed by atoms with Crippen LogP contribution < -0.4 is 5.32 Å². The zero-order chi connectivity index (χ0) is 12.5. The van der Waals surface area contributed by atoms with Gasteiger partial charge in [-0.05, 0) is 32.7 Å². The van der Waals surface area contributed by atoms with E-state index < -0.39 is 0 Å². The number of nitrogens with one attached hydrogen (secondary N) is 1. The van der Waals surface area contributed by atoms with Crippen molar-refractivity contribution in [2.24, 2.45) is 5.92 Å². The SMILES string of the molecule is CCNC(Cc1nc(C)cs1)C1CC2CCC1O2. The van der Waals surface area contributed by atoms with Gasteiger partial charge in [0, 0.05) is 29.5 Å². The number of hydrogen-bond acceptors (Lipinski definition) is 4. The monoisotopic (exact) mass is 266 g/mol. The molecule has 0 radical (unpaired) electrons. The van der Waals surface area contributed by atoms with Crippen molar-refractivity contribution in [3.63, 3.8) is 0 Å². The minimum Gasteiger partial charge on any atom is -0.375 e. The van der Waals surface area contributed by atoms with Gasteiger partial charge in [-0.3, -0.25) is 0 Å². The van der Waals surface area contributed by atoms with Crippen molar-refractivity contribution in [2.75, 3.05) is 6.54 Å². The van der Waals surface area contributed by atoms with Crippen molar-refractivity contribution in [3.8, 4) is 0 Å². The molecule has 4 unspecified atom stereocenters. The summed E-state index contributed by atoms with van der Waals surface area (Å²) >= 11 is 1.79. The average Bonchev–Trinajstić information content (AvgIpc) is 3.05. The summed E-state index contributed by atoms with van der Waals surface area (Å²) in [5.74, 6) is 0.688. The lowest BCUT2D eigenvalue weighted by atomic mass is 9.82. The Kier molecular flexibility index (Phi) is 3.68. The van der Waals surface area contributed by atoms with Gasteiger partial charge < -0.3 is 10.1 Å². The molecule has 2 saturated heterocycles. The quantitative estimate of drug-likeness (QED) is 0.889. The van der Waals surface area contributed by atoms with E-state index in [9.17, 15) is 0 Å². The van der Waals surface area contributed by atoms with E-state index in [0.29, 0.717) is 24.2 Å². The Hall–Kier alpha value is -0.450. The normalized spacial score (nSPS) is 32.0. The smallest absolute Gasteiger partial charge is 0.0943 e. The fraction of sp³-hybridized carbons (Fsp3) is 0.786. The molecule has 2 aliphatic heterocycles. The first-order chi connectivity index (χ1) is 8.76. The maximum atomic E-state index is 6.00. The molecule has 2 fully saturated rings. The predicted octanol–water partition coefficient (Wildman–Crippen LogP) is 2.54. The number of likely N-dealkylation sites (N-methyl/N-ethyl adjacent to an activating group) is 1. The summed E-state index contributed by atoms with van der Waals surface area (Å²) in [4.78, 5) is 4.60. The van der Waals surface area contributed by atoms with Crippen LogP contribution in [0.4, 0.5) is 0 Å². The number of thiazole rings is 1. The van der Waals surface area contributed by atoms with E-state index in [2.05, 4.69) is 29.5 Å². The number of aromatic nitrogens is 1. The Labute approximate surface area is 113 Å². The highest BCUT2D eigenvalue weighted by atomic mass is 32.1. The van der Waals surface area contributed by atoms with Crippen molar-refractivity contribution in [3.05, 3.63) is 16.1 Å². The number of fused-ring (bicyclic) bond motifs is 2. The van der Waals surface area contributed by atoms with Gasteiger partial charge in [0.15, 0.2) is 0 Å². The molecule has 0 aromatic carbocycles. The molecule has 1 N–H and O–H groups in total. The number of rotatable bonds is 5. The van der Waals surface area contributed by atoms with Crippen LogP contribution >= 0.6 is 11.3 Å². The minimum atomic E-state index is 0.500. The Bertz CT molecular complexity index is 406. The van der Waals surface area contributed by atoms with E-state index >= 15 is 0 Å². The van der Waals surface area contributed by atoms with Crippen LogP contribution in [0.5, 0.6) is 0 Å². The summed E-state index contributed by atoms with van der Waals surface area (Å²) in [5.41, 5.74) is 1.15. The molecule has 0 spiro atoms. The second-order valence-corrected chi connectivity index (χ2v) is 6.47. The fourth-order valence-corrected chi connectivity index (χ4v) is 4.25. The molecule has 1 aromatic heterocycles. The summed E-state index contributed by atoms with van der Waals surface area (Å²) in [7, 11) is 0. The zero-order valence-corrected chi connectivity index (χ0v) is 12.0. The number of hydrogen-bond donors (Lipinski definition) is 1. The van der Waals surface area contributed by atoms with Crippen LogP contribution in [-0.4, -0.2) is 29.8 Å². The second-order valence-electron chi connectivity index (χ2n) is 5.52. The van der Waals surface area contributed by atoms with Gasteiger partial charge in [-0.2, -0.15) is 0 Å². The fourth-order valence-electron chi connectivity index (χ4n) is 3.42. The van der Waals surface area contributed by atoms with Gasteiger partial charge in [-0.1, -0.05) is 6.92 Å². The van der Waals surface area contributed by atoms with Crippen LogP contribution in [0.1, 0.15) is 36.9 Å². The molecule has 4 atom stereocenters. The molecule has 1 aromatic rings. The first kappa shape index (κ1) is 12.6. The highest BCUT2D eigenvalue weighted by Gasteiger charge is 2.44. The standard InChI is InChI=1S/C14H22N2OS/c1-3-15-12(7-14-16-9(2)8-18-14)11-6-10-4-5-13(11)17-10/h8,10-13,15H,3-7H2,1-2H3. The molecule has 0 aliphatic carbocycles. The maximum absolute atomic E-state index is 6.00. The third-order valence-corrected chi connectivity index (χ3v) is 5.19. The van der Waals surface area contributed by atoms with E-state index in [4.69, 9.17) is 4.74 Å². The van der Waals surface area contributed by atoms with Crippen molar-refractivity contribution in [1.29, 1.82) is 0 Å². The summed E-state index contributed by atoms with van der Waals surface area (Å²) in [6.45, 7) is 5.29. The molecule has 0 saturated carbocycles. The lowest BCUT2D eigenvalue weighted by molar-refractivity contribution is 0.0858. The average molecular weight is 266 g/mol. The number of aryl methyl sites for hydroxylation is 1. The van der Waals surface area contributed by atoms with Crippen LogP contribution in [0.25, 0.3) is 0 Å². The first-order valence-electron chi connectivity index (χ1n) is 7.06. The van der Waals surface area contributed by atoms with Gasteiger partial charge in [-0.15, -0.1) is 11.3 Å². The Morgan fingerprint density at radius 1 is 1.56 bits per heavy atom. The largest absolute Gasteiger partial charge is 0.375 e. The molecule has 3 rings (SSSR count). The van der Waals surface area contributed by atoms with Crippen LogP contribution in [-0.2, 0) is 11.2 Å². The summed E-state index contributed by atoms with van der Waals surface area (Å²) < 4.78 is 6.00. The zero-order valence-electron chi connectivity index (χ0n) is 11.2. The molecule has 0 amide bonds. The van der Waals surface area contributed by atoms with E-state index in [1.807, 2.05) is 0 Å². The Morgan fingerprint density at radius 2 is 2.44 bits per heavy atom. The Morgan fingerprint density at radius 3 is 3.00 bits per heavy atom. The molecule has 3 nitrogen and oxygen atoms in total. The number of ether oxygens (including phenoxy) is 1. The highest BCUT2D eigenvalue weighted by molar-refractivity contribution is 7.09. The van der Waals surface area contributed by atoms with E-state index in [0.717, 1.165) is 18.7 Å². The lowest BCUT2D eigenvalue weighted by Gasteiger charge is -2.28. The van der Waals surface area contributed by atoms with Gasteiger partial charge in [0.05, 0.1) is 17.2 Å². The predicted molar refractivity (Wildman–Crippen MR) is 74.0 cm³/mol. The van der Waals surface area contributed by atoms with Crippen molar-refractivity contribution in [1.82, 2.24) is 10.3 Å². The van der Waals surface area contributed by atoms with Gasteiger partial charge >= 0.3 is 0 Å². The van der Waals surface area contributed by atoms with E-state index in [1.54, 1.807) is 11.3 Å². The van der Waals surface area contributed by atoms with E-state index in [-0.39, 0.29) is 0 Å². The Balaban J connectivity index is 1.68. The molecular formula is C14H22N2OS. The third-order valence-electron chi connectivity index (χ3n) is 4.20. The van der Waals surface area contributed by atoms with Crippen molar-refractivity contribution < 1.29 is 4.74 Å². The minimum absolute atomic E-state index is 0.500. The molecular weight excluding hydrogens is 244 g/mol.